The molecule has 21 heavy (non-hydrogen) atoms. The summed E-state index contributed by atoms with van der Waals surface area (Å²) in [6, 6.07) is 4.51. The zero-order chi connectivity index (χ0) is 15.7. The van der Waals surface area contributed by atoms with Gasteiger partial charge < -0.3 is 15.6 Å². The molecule has 1 fully saturated rings. The van der Waals surface area contributed by atoms with E-state index in [4.69, 9.17) is 10.5 Å². The first-order valence-electron chi connectivity index (χ1n) is 6.92. The SMILES string of the molecule is COc1cc(N)ccc1S(=O)(=O)N1CCCC(C)(O)CC1. The third-order valence-corrected chi connectivity index (χ3v) is 5.77. The molecule has 1 aliphatic rings. The van der Waals surface area contributed by atoms with E-state index in [0.717, 1.165) is 0 Å². The van der Waals surface area contributed by atoms with Crippen LogP contribution in [0.4, 0.5) is 5.69 Å². The molecule has 1 aromatic rings. The number of ether oxygens (including phenoxy) is 1. The number of sulfonamides is 1. The number of anilines is 1. The normalized spacial score (nSPS) is 24.5. The van der Waals surface area contributed by atoms with Crippen LogP contribution in [0.3, 0.4) is 0 Å². The van der Waals surface area contributed by atoms with Crippen molar-refractivity contribution in [1.82, 2.24) is 4.31 Å². The second-order valence-corrected chi connectivity index (χ2v) is 7.57. The van der Waals surface area contributed by atoms with Gasteiger partial charge in [0, 0.05) is 24.8 Å². The molecular weight excluding hydrogens is 292 g/mol. The van der Waals surface area contributed by atoms with Gasteiger partial charge in [-0.25, -0.2) is 8.42 Å². The van der Waals surface area contributed by atoms with E-state index in [2.05, 4.69) is 0 Å². The average molecular weight is 314 g/mol. The predicted octanol–water partition coefficient (Wildman–Crippen LogP) is 1.20. The van der Waals surface area contributed by atoms with Crippen LogP contribution in [-0.2, 0) is 10.0 Å². The number of rotatable bonds is 3. The molecule has 0 saturated carbocycles. The number of hydrogen-bond donors (Lipinski definition) is 2. The predicted molar refractivity (Wildman–Crippen MR) is 80.6 cm³/mol. The number of nitrogens with zero attached hydrogens (tertiary/aromatic N) is 1. The lowest BCUT2D eigenvalue weighted by atomic mass is 9.98. The van der Waals surface area contributed by atoms with Crippen molar-refractivity contribution in [2.45, 2.75) is 36.7 Å². The standard InChI is InChI=1S/C14H22N2O4S/c1-14(17)6-3-8-16(9-7-14)21(18,19)13-5-4-11(15)10-12(13)20-2/h4-5,10,17H,3,6-9,15H2,1-2H3. The topological polar surface area (TPSA) is 92.9 Å². The van der Waals surface area contributed by atoms with E-state index in [1.54, 1.807) is 13.0 Å². The lowest BCUT2D eigenvalue weighted by Crippen LogP contribution is -2.33. The number of nitrogens with two attached hydrogens (primary N) is 1. The summed E-state index contributed by atoms with van der Waals surface area (Å²) in [5.74, 6) is 0.242. The molecule has 0 amide bonds. The van der Waals surface area contributed by atoms with Gasteiger partial charge in [0.1, 0.15) is 10.6 Å². The van der Waals surface area contributed by atoms with Gasteiger partial charge in [-0.3, -0.25) is 0 Å². The molecule has 0 bridgehead atoms. The van der Waals surface area contributed by atoms with Crippen molar-refractivity contribution >= 4 is 15.7 Å². The Balaban J connectivity index is 2.34. The number of hydrogen-bond acceptors (Lipinski definition) is 5. The Kier molecular flexibility index (Phi) is 4.46. The van der Waals surface area contributed by atoms with Crippen LogP contribution in [0.25, 0.3) is 0 Å². The molecular formula is C14H22N2O4S. The Labute approximate surface area is 125 Å². The van der Waals surface area contributed by atoms with E-state index in [1.165, 1.54) is 23.5 Å². The molecule has 1 unspecified atom stereocenters. The van der Waals surface area contributed by atoms with Gasteiger partial charge in [0.15, 0.2) is 0 Å². The molecule has 1 aliphatic heterocycles. The minimum Gasteiger partial charge on any atom is -0.495 e. The Hall–Kier alpha value is -1.31. The zero-order valence-electron chi connectivity index (χ0n) is 12.4. The van der Waals surface area contributed by atoms with Gasteiger partial charge in [-0.1, -0.05) is 0 Å². The van der Waals surface area contributed by atoms with Crippen molar-refractivity contribution in [3.05, 3.63) is 18.2 Å². The molecule has 0 spiro atoms. The quantitative estimate of drug-likeness (QED) is 0.818. The molecule has 6 nitrogen and oxygen atoms in total. The van der Waals surface area contributed by atoms with Crippen molar-refractivity contribution in [3.8, 4) is 5.75 Å². The Morgan fingerprint density at radius 2 is 2.05 bits per heavy atom. The lowest BCUT2D eigenvalue weighted by molar-refractivity contribution is 0.0465. The highest BCUT2D eigenvalue weighted by Gasteiger charge is 2.33. The molecule has 0 aromatic heterocycles. The van der Waals surface area contributed by atoms with Gasteiger partial charge in [0.25, 0.3) is 0 Å². The fraction of sp³-hybridized carbons (Fsp3) is 0.571. The first kappa shape index (κ1) is 16.1. The highest BCUT2D eigenvalue weighted by molar-refractivity contribution is 7.89. The molecule has 1 aromatic carbocycles. The van der Waals surface area contributed by atoms with E-state index in [0.29, 0.717) is 38.0 Å². The number of nitrogen functional groups attached to an aromatic ring is 1. The molecule has 1 atom stereocenters. The lowest BCUT2D eigenvalue weighted by Gasteiger charge is -2.23. The highest BCUT2D eigenvalue weighted by atomic mass is 32.2. The number of benzene rings is 1. The third kappa shape index (κ3) is 3.48. The number of methoxy groups -OCH3 is 1. The second kappa shape index (κ2) is 5.82. The molecule has 2 rings (SSSR count). The van der Waals surface area contributed by atoms with Crippen LogP contribution in [-0.4, -0.2) is 43.6 Å². The largest absolute Gasteiger partial charge is 0.495 e. The first-order valence-corrected chi connectivity index (χ1v) is 8.36. The van der Waals surface area contributed by atoms with Crippen LogP contribution in [0.15, 0.2) is 23.1 Å². The van der Waals surface area contributed by atoms with Crippen molar-refractivity contribution in [2.24, 2.45) is 0 Å². The minimum atomic E-state index is -3.65. The molecule has 0 radical (unpaired) electrons. The summed E-state index contributed by atoms with van der Waals surface area (Å²) >= 11 is 0. The van der Waals surface area contributed by atoms with E-state index in [-0.39, 0.29) is 10.6 Å². The molecule has 1 heterocycles. The highest BCUT2D eigenvalue weighted by Crippen LogP contribution is 2.31. The van der Waals surface area contributed by atoms with Gasteiger partial charge in [-0.05, 0) is 38.3 Å². The summed E-state index contributed by atoms with van der Waals surface area (Å²) in [6.07, 6.45) is 1.64. The van der Waals surface area contributed by atoms with Gasteiger partial charge >= 0.3 is 0 Å². The van der Waals surface area contributed by atoms with E-state index < -0.39 is 15.6 Å². The summed E-state index contributed by atoms with van der Waals surface area (Å²) in [4.78, 5) is 0.112. The zero-order valence-corrected chi connectivity index (χ0v) is 13.2. The van der Waals surface area contributed by atoms with Gasteiger partial charge in [0.05, 0.1) is 12.7 Å². The van der Waals surface area contributed by atoms with Crippen molar-refractivity contribution in [3.63, 3.8) is 0 Å². The van der Waals surface area contributed by atoms with Crippen molar-refractivity contribution < 1.29 is 18.3 Å². The summed E-state index contributed by atoms with van der Waals surface area (Å²) in [6.45, 7) is 2.43. The van der Waals surface area contributed by atoms with E-state index >= 15 is 0 Å². The van der Waals surface area contributed by atoms with Crippen LogP contribution in [0.2, 0.25) is 0 Å². The average Bonchev–Trinajstić information content (AvgIpc) is 2.59. The van der Waals surface area contributed by atoms with Gasteiger partial charge in [0.2, 0.25) is 10.0 Å². The van der Waals surface area contributed by atoms with E-state index in [9.17, 15) is 13.5 Å². The monoisotopic (exact) mass is 314 g/mol. The maximum Gasteiger partial charge on any atom is 0.246 e. The molecule has 7 heteroatoms. The van der Waals surface area contributed by atoms with Crippen LogP contribution in [0.1, 0.15) is 26.2 Å². The van der Waals surface area contributed by atoms with Crippen LogP contribution in [0, 0.1) is 0 Å². The van der Waals surface area contributed by atoms with Gasteiger partial charge in [-0.15, -0.1) is 0 Å². The molecule has 1 saturated heterocycles. The van der Waals surface area contributed by atoms with Crippen LogP contribution < -0.4 is 10.5 Å². The molecule has 3 N–H and O–H groups in total. The van der Waals surface area contributed by atoms with Crippen molar-refractivity contribution in [2.75, 3.05) is 25.9 Å². The van der Waals surface area contributed by atoms with Crippen molar-refractivity contribution in [1.29, 1.82) is 0 Å². The molecule has 0 aliphatic carbocycles. The Morgan fingerprint density at radius 3 is 2.71 bits per heavy atom. The smallest absolute Gasteiger partial charge is 0.246 e. The summed E-state index contributed by atoms with van der Waals surface area (Å²) in [5, 5.41) is 10.1. The summed E-state index contributed by atoms with van der Waals surface area (Å²) in [5.41, 5.74) is 5.30. The third-order valence-electron chi connectivity index (χ3n) is 3.83. The fourth-order valence-corrected chi connectivity index (χ4v) is 4.13. The summed E-state index contributed by atoms with van der Waals surface area (Å²) in [7, 11) is -2.24. The van der Waals surface area contributed by atoms with Crippen LogP contribution >= 0.6 is 0 Å². The Morgan fingerprint density at radius 1 is 1.33 bits per heavy atom. The van der Waals surface area contributed by atoms with Crippen LogP contribution in [0.5, 0.6) is 5.75 Å². The summed E-state index contributed by atoms with van der Waals surface area (Å²) < 4.78 is 32.1. The second-order valence-electron chi connectivity index (χ2n) is 5.66. The Bertz CT molecular complexity index is 613. The number of aliphatic hydroxyl groups is 1. The fourth-order valence-electron chi connectivity index (χ4n) is 2.52. The minimum absolute atomic E-state index is 0.112. The first-order chi connectivity index (χ1) is 9.76. The van der Waals surface area contributed by atoms with Gasteiger partial charge in [-0.2, -0.15) is 4.31 Å². The maximum atomic E-state index is 12.8. The van der Waals surface area contributed by atoms with E-state index in [1.807, 2.05) is 0 Å². The molecule has 118 valence electrons. The maximum absolute atomic E-state index is 12.8.